The Labute approximate surface area is 156 Å². The number of rotatable bonds is 6. The monoisotopic (exact) mass is 377 g/mol. The van der Waals surface area contributed by atoms with E-state index in [1.165, 1.54) is 16.7 Å². The van der Waals surface area contributed by atoms with Gasteiger partial charge in [-0.2, -0.15) is 0 Å². The van der Waals surface area contributed by atoms with Crippen LogP contribution in [0.3, 0.4) is 0 Å². The van der Waals surface area contributed by atoms with Crippen molar-refractivity contribution in [3.05, 3.63) is 53.9 Å². The van der Waals surface area contributed by atoms with E-state index in [1.54, 1.807) is 0 Å². The van der Waals surface area contributed by atoms with Gasteiger partial charge in [0.25, 0.3) is 5.91 Å². The lowest BCUT2D eigenvalue weighted by Gasteiger charge is -2.21. The molecular weight excluding hydrogens is 354 g/mol. The fourth-order valence-electron chi connectivity index (χ4n) is 3.54. The van der Waals surface area contributed by atoms with Crippen LogP contribution in [0.5, 0.6) is 0 Å². The Bertz CT molecular complexity index is 837. The van der Waals surface area contributed by atoms with Gasteiger partial charge in [0.05, 0.1) is 18.8 Å². The van der Waals surface area contributed by atoms with Crippen molar-refractivity contribution in [3.63, 3.8) is 0 Å². The zero-order chi connectivity index (χ0) is 19.4. The Morgan fingerprint density at radius 3 is 2.74 bits per heavy atom. The Hall–Kier alpha value is -2.74. The second-order valence-electron chi connectivity index (χ2n) is 6.78. The summed E-state index contributed by atoms with van der Waals surface area (Å²) < 4.78 is 28.1. The molecule has 27 heavy (non-hydrogen) atoms. The van der Waals surface area contributed by atoms with E-state index in [4.69, 9.17) is 0 Å². The van der Waals surface area contributed by atoms with Crippen LogP contribution >= 0.6 is 0 Å². The number of aromatic nitrogens is 1. The number of likely N-dealkylation sites (tertiary alicyclic amines) is 1. The zero-order valence-corrected chi connectivity index (χ0v) is 15.1. The second-order valence-corrected chi connectivity index (χ2v) is 6.78. The minimum absolute atomic E-state index is 0.141. The Morgan fingerprint density at radius 1 is 1.22 bits per heavy atom. The lowest BCUT2D eigenvalue weighted by Crippen LogP contribution is -3.11. The Kier molecular flexibility index (Phi) is 5.85. The molecule has 1 unspecified atom stereocenters. The highest BCUT2D eigenvalue weighted by Crippen LogP contribution is 2.18. The van der Waals surface area contributed by atoms with E-state index in [0.29, 0.717) is 0 Å². The van der Waals surface area contributed by atoms with Gasteiger partial charge in [-0.25, -0.2) is 8.78 Å². The van der Waals surface area contributed by atoms with Gasteiger partial charge in [0.2, 0.25) is 5.91 Å². The van der Waals surface area contributed by atoms with E-state index < -0.39 is 17.5 Å². The van der Waals surface area contributed by atoms with E-state index in [-0.39, 0.29) is 30.7 Å². The first-order valence-electron chi connectivity index (χ1n) is 8.91. The lowest BCUT2D eigenvalue weighted by atomic mass is 10.1. The first kappa shape index (κ1) is 19.0. The third kappa shape index (κ3) is 4.71. The number of carbonyl (C=O) groups is 2. The first-order chi connectivity index (χ1) is 12.9. The number of benzene rings is 1. The molecular formula is C19H23F2N4O2+. The van der Waals surface area contributed by atoms with Crippen molar-refractivity contribution in [2.24, 2.45) is 7.05 Å². The van der Waals surface area contributed by atoms with Gasteiger partial charge < -0.3 is 20.1 Å². The summed E-state index contributed by atoms with van der Waals surface area (Å²) in [4.78, 5) is 25.3. The molecule has 3 N–H and O–H groups in total. The third-order valence-electron chi connectivity index (χ3n) is 4.86. The van der Waals surface area contributed by atoms with Gasteiger partial charge in [-0.15, -0.1) is 0 Å². The van der Waals surface area contributed by atoms with Crippen molar-refractivity contribution >= 4 is 17.5 Å². The number of halogens is 2. The Morgan fingerprint density at radius 2 is 2.04 bits per heavy atom. The number of hydrogen-bond acceptors (Lipinski definition) is 2. The molecule has 0 bridgehead atoms. The quantitative estimate of drug-likeness (QED) is 0.697. The van der Waals surface area contributed by atoms with Crippen LogP contribution in [-0.4, -0.2) is 36.0 Å². The van der Waals surface area contributed by atoms with Crippen molar-refractivity contribution in [2.45, 2.75) is 18.9 Å². The SMILES string of the molecule is Cn1cccc1[C@@H]1CCC[NH+]1CC(=O)NCC(=O)Nc1ccc(F)c(F)c1. The summed E-state index contributed by atoms with van der Waals surface area (Å²) in [6.45, 7) is 0.971. The van der Waals surface area contributed by atoms with Gasteiger partial charge in [-0.3, -0.25) is 9.59 Å². The molecule has 0 aliphatic carbocycles. The molecule has 144 valence electrons. The van der Waals surface area contributed by atoms with Crippen LogP contribution < -0.4 is 15.5 Å². The largest absolute Gasteiger partial charge is 0.350 e. The van der Waals surface area contributed by atoms with Crippen molar-refractivity contribution in [3.8, 4) is 0 Å². The van der Waals surface area contributed by atoms with E-state index in [0.717, 1.165) is 31.5 Å². The second kappa shape index (κ2) is 8.30. The molecule has 2 heterocycles. The molecule has 1 saturated heterocycles. The normalized spacial score (nSPS) is 19.1. The van der Waals surface area contributed by atoms with E-state index in [2.05, 4.69) is 21.3 Å². The molecule has 2 aromatic rings. The van der Waals surface area contributed by atoms with E-state index in [9.17, 15) is 18.4 Å². The molecule has 6 nitrogen and oxygen atoms in total. The number of quaternary nitrogens is 1. The number of hydrogen-bond donors (Lipinski definition) is 3. The standard InChI is InChI=1S/C19H22F2N4O2/c1-24-8-2-4-16(24)17-5-3-9-25(17)12-19(27)22-11-18(26)23-13-6-7-14(20)15(21)10-13/h2,4,6-8,10,17H,3,5,9,11-12H2,1H3,(H,22,27)(H,23,26)/p+1/t17-/m0/s1. The minimum Gasteiger partial charge on any atom is -0.350 e. The number of nitrogens with one attached hydrogen (secondary N) is 3. The average molecular weight is 377 g/mol. The molecule has 1 aromatic heterocycles. The summed E-state index contributed by atoms with van der Waals surface area (Å²) in [7, 11) is 1.99. The molecule has 0 saturated carbocycles. The number of nitrogens with zero attached hydrogens (tertiary/aromatic N) is 1. The van der Waals surface area contributed by atoms with Crippen LogP contribution in [0.25, 0.3) is 0 Å². The minimum atomic E-state index is -1.04. The molecule has 3 rings (SSSR count). The predicted molar refractivity (Wildman–Crippen MR) is 96.1 cm³/mol. The van der Waals surface area contributed by atoms with Crippen LogP contribution in [0.1, 0.15) is 24.6 Å². The lowest BCUT2D eigenvalue weighted by molar-refractivity contribution is -0.911. The van der Waals surface area contributed by atoms with Gasteiger partial charge in [-0.05, 0) is 24.3 Å². The first-order valence-corrected chi connectivity index (χ1v) is 8.91. The maximum Gasteiger partial charge on any atom is 0.275 e. The fraction of sp³-hybridized carbons (Fsp3) is 0.368. The van der Waals surface area contributed by atoms with E-state index in [1.807, 2.05) is 19.3 Å². The third-order valence-corrected chi connectivity index (χ3v) is 4.86. The topological polar surface area (TPSA) is 67.6 Å². The molecule has 1 aliphatic heterocycles. The van der Waals surface area contributed by atoms with Crippen LogP contribution in [-0.2, 0) is 16.6 Å². The van der Waals surface area contributed by atoms with Gasteiger partial charge in [0.1, 0.15) is 6.04 Å². The summed E-state index contributed by atoms with van der Waals surface area (Å²) in [5.41, 5.74) is 1.34. The van der Waals surface area contributed by atoms with Gasteiger partial charge in [-0.1, -0.05) is 0 Å². The Balaban J connectivity index is 1.48. The van der Waals surface area contributed by atoms with Crippen molar-refractivity contribution in [2.75, 3.05) is 25.0 Å². The van der Waals surface area contributed by atoms with Crippen LogP contribution in [0.15, 0.2) is 36.5 Å². The van der Waals surface area contributed by atoms with Crippen molar-refractivity contribution in [1.29, 1.82) is 0 Å². The highest BCUT2D eigenvalue weighted by Gasteiger charge is 2.32. The number of anilines is 1. The fourth-order valence-corrected chi connectivity index (χ4v) is 3.54. The summed E-state index contributed by atoms with van der Waals surface area (Å²) in [6, 6.07) is 7.43. The van der Waals surface area contributed by atoms with Crippen LogP contribution in [0, 0.1) is 11.6 Å². The summed E-state index contributed by atoms with van der Waals surface area (Å²) in [5.74, 6) is -2.74. The van der Waals surface area contributed by atoms with Crippen molar-refractivity contribution in [1.82, 2.24) is 9.88 Å². The number of carbonyl (C=O) groups excluding carboxylic acids is 2. The zero-order valence-electron chi connectivity index (χ0n) is 15.1. The summed E-state index contributed by atoms with van der Waals surface area (Å²) in [5, 5.41) is 5.02. The van der Waals surface area contributed by atoms with Gasteiger partial charge in [0, 0.05) is 37.8 Å². The number of amides is 2. The highest BCUT2D eigenvalue weighted by molar-refractivity contribution is 5.94. The van der Waals surface area contributed by atoms with E-state index >= 15 is 0 Å². The molecule has 0 spiro atoms. The molecule has 1 fully saturated rings. The predicted octanol–water partition coefficient (Wildman–Crippen LogP) is 0.778. The summed E-state index contributed by atoms with van der Waals surface area (Å²) in [6.07, 6.45) is 4.07. The maximum atomic E-state index is 13.2. The van der Waals surface area contributed by atoms with Crippen LogP contribution in [0.4, 0.5) is 14.5 Å². The molecule has 0 radical (unpaired) electrons. The molecule has 8 heteroatoms. The molecule has 1 aromatic carbocycles. The molecule has 2 amide bonds. The van der Waals surface area contributed by atoms with Gasteiger partial charge >= 0.3 is 0 Å². The smallest absolute Gasteiger partial charge is 0.275 e. The van der Waals surface area contributed by atoms with Gasteiger partial charge in [0.15, 0.2) is 18.2 Å². The average Bonchev–Trinajstić information content (AvgIpc) is 3.25. The number of aryl methyl sites for hydroxylation is 1. The van der Waals surface area contributed by atoms with Crippen LogP contribution in [0.2, 0.25) is 0 Å². The highest BCUT2D eigenvalue weighted by atomic mass is 19.2. The summed E-state index contributed by atoms with van der Waals surface area (Å²) >= 11 is 0. The maximum absolute atomic E-state index is 13.2. The molecule has 2 atom stereocenters. The van der Waals surface area contributed by atoms with Crippen molar-refractivity contribution < 1.29 is 23.3 Å². The molecule has 1 aliphatic rings.